The molecule has 0 radical (unpaired) electrons. The van der Waals surface area contributed by atoms with Crippen molar-refractivity contribution in [2.75, 3.05) is 20.4 Å². The Balaban J connectivity index is 3.45. The van der Waals surface area contributed by atoms with Gasteiger partial charge in [0.25, 0.3) is 0 Å². The molecule has 0 saturated heterocycles. The molecule has 0 aliphatic rings. The zero-order valence-corrected chi connectivity index (χ0v) is 11.7. The Labute approximate surface area is 102 Å². The maximum atomic E-state index is 5.41. The summed E-state index contributed by atoms with van der Waals surface area (Å²) in [5, 5.41) is 1.08. The van der Waals surface area contributed by atoms with Gasteiger partial charge in [-0.3, -0.25) is 4.99 Å². The van der Waals surface area contributed by atoms with Crippen molar-refractivity contribution in [2.24, 2.45) is 4.99 Å². The number of hydrogen-bond acceptors (Lipinski definition) is 3. The lowest BCUT2D eigenvalue weighted by atomic mass is 9.99. The van der Waals surface area contributed by atoms with Crippen LogP contribution in [0.15, 0.2) is 11.1 Å². The van der Waals surface area contributed by atoms with E-state index in [0.29, 0.717) is 0 Å². The number of aliphatic imine (C=N–C) groups is 1. The fourth-order valence-electron chi connectivity index (χ4n) is 1.92. The van der Waals surface area contributed by atoms with Crippen molar-refractivity contribution in [1.82, 2.24) is 0 Å². The fourth-order valence-corrected chi connectivity index (χ4v) is 2.53. The molecule has 0 N–H and O–H groups in total. The van der Waals surface area contributed by atoms with E-state index in [1.54, 1.807) is 18.9 Å². The summed E-state index contributed by atoms with van der Waals surface area (Å²) in [6, 6.07) is 2.15. The molecular weight excluding hydrogens is 218 g/mol. The standard InChI is InChI=1S/C13H19NOS/c1-8-7-11(13(14-4)16-6)9(2)10(3)12(8)15-5/h7H,1-6H3. The lowest BCUT2D eigenvalue weighted by molar-refractivity contribution is 0.408. The van der Waals surface area contributed by atoms with Gasteiger partial charge < -0.3 is 4.74 Å². The van der Waals surface area contributed by atoms with Crippen LogP contribution in [-0.2, 0) is 0 Å². The first-order valence-corrected chi connectivity index (χ1v) is 6.45. The second kappa shape index (κ2) is 5.39. The Morgan fingerprint density at radius 1 is 1.25 bits per heavy atom. The third-order valence-corrected chi connectivity index (χ3v) is 3.65. The largest absolute Gasteiger partial charge is 0.496 e. The summed E-state index contributed by atoms with van der Waals surface area (Å²) in [7, 11) is 3.55. The van der Waals surface area contributed by atoms with E-state index in [0.717, 1.165) is 16.4 Å². The highest BCUT2D eigenvalue weighted by atomic mass is 32.2. The molecule has 0 unspecified atom stereocenters. The molecule has 0 atom stereocenters. The summed E-state index contributed by atoms with van der Waals surface area (Å²) in [6.45, 7) is 6.29. The Bertz CT molecular complexity index is 424. The van der Waals surface area contributed by atoms with E-state index in [1.165, 1.54) is 16.7 Å². The summed E-state index contributed by atoms with van der Waals surface area (Å²) in [5.74, 6) is 0.984. The minimum atomic E-state index is 0.984. The highest BCUT2D eigenvalue weighted by molar-refractivity contribution is 8.13. The third-order valence-electron chi connectivity index (χ3n) is 2.86. The number of ether oxygens (including phenoxy) is 1. The molecule has 0 fully saturated rings. The van der Waals surface area contributed by atoms with Gasteiger partial charge in [0.05, 0.1) is 12.2 Å². The quantitative estimate of drug-likeness (QED) is 0.581. The van der Waals surface area contributed by atoms with E-state index in [1.807, 2.05) is 7.05 Å². The first kappa shape index (κ1) is 13.1. The SMILES string of the molecule is CN=C(SC)c1cc(C)c(OC)c(C)c1C. The number of aryl methyl sites for hydroxylation is 1. The molecule has 0 saturated carbocycles. The molecular formula is C13H19NOS. The van der Waals surface area contributed by atoms with E-state index in [9.17, 15) is 0 Å². The van der Waals surface area contributed by atoms with Crippen molar-refractivity contribution in [3.05, 3.63) is 28.3 Å². The maximum absolute atomic E-state index is 5.41. The maximum Gasteiger partial charge on any atom is 0.124 e. The predicted molar refractivity (Wildman–Crippen MR) is 73.2 cm³/mol. The Kier molecular flexibility index (Phi) is 4.42. The average molecular weight is 237 g/mol. The fraction of sp³-hybridized carbons (Fsp3) is 0.462. The van der Waals surface area contributed by atoms with Crippen molar-refractivity contribution in [3.8, 4) is 5.75 Å². The first-order valence-electron chi connectivity index (χ1n) is 5.22. The number of thioether (sulfide) groups is 1. The van der Waals surface area contributed by atoms with Crippen LogP contribution < -0.4 is 4.74 Å². The number of benzene rings is 1. The van der Waals surface area contributed by atoms with Gasteiger partial charge in [-0.05, 0) is 49.8 Å². The summed E-state index contributed by atoms with van der Waals surface area (Å²) in [5.41, 5.74) is 4.83. The summed E-state index contributed by atoms with van der Waals surface area (Å²) < 4.78 is 5.41. The molecule has 2 nitrogen and oxygen atoms in total. The second-order valence-corrected chi connectivity index (χ2v) is 4.55. The van der Waals surface area contributed by atoms with Gasteiger partial charge in [0, 0.05) is 12.6 Å². The normalized spacial score (nSPS) is 11.8. The van der Waals surface area contributed by atoms with Crippen LogP contribution in [0.3, 0.4) is 0 Å². The lowest BCUT2D eigenvalue weighted by Crippen LogP contribution is -2.03. The number of methoxy groups -OCH3 is 1. The summed E-state index contributed by atoms with van der Waals surface area (Å²) >= 11 is 1.68. The van der Waals surface area contributed by atoms with E-state index in [2.05, 4.69) is 38.1 Å². The molecule has 1 aromatic carbocycles. The van der Waals surface area contributed by atoms with Gasteiger partial charge in [0.2, 0.25) is 0 Å². The third kappa shape index (κ3) is 2.24. The molecule has 0 aromatic heterocycles. The van der Waals surface area contributed by atoms with Gasteiger partial charge >= 0.3 is 0 Å². The van der Waals surface area contributed by atoms with Crippen molar-refractivity contribution in [3.63, 3.8) is 0 Å². The van der Waals surface area contributed by atoms with E-state index in [4.69, 9.17) is 4.74 Å². The van der Waals surface area contributed by atoms with E-state index < -0.39 is 0 Å². The van der Waals surface area contributed by atoms with Crippen LogP contribution in [0.2, 0.25) is 0 Å². The van der Waals surface area contributed by atoms with E-state index in [-0.39, 0.29) is 0 Å². The minimum absolute atomic E-state index is 0.984. The Morgan fingerprint density at radius 2 is 1.88 bits per heavy atom. The van der Waals surface area contributed by atoms with Crippen molar-refractivity contribution >= 4 is 16.8 Å². The molecule has 1 aromatic rings. The van der Waals surface area contributed by atoms with E-state index >= 15 is 0 Å². The summed E-state index contributed by atoms with van der Waals surface area (Å²) in [6.07, 6.45) is 2.05. The zero-order chi connectivity index (χ0) is 12.3. The molecule has 3 heteroatoms. The van der Waals surface area contributed by atoms with Gasteiger partial charge in [-0.15, -0.1) is 11.8 Å². The molecule has 88 valence electrons. The number of rotatable bonds is 2. The molecule has 0 amide bonds. The van der Waals surface area contributed by atoms with Crippen molar-refractivity contribution < 1.29 is 4.74 Å². The van der Waals surface area contributed by atoms with Crippen LogP contribution >= 0.6 is 11.8 Å². The van der Waals surface area contributed by atoms with Crippen LogP contribution in [0.5, 0.6) is 5.75 Å². The zero-order valence-electron chi connectivity index (χ0n) is 10.8. The topological polar surface area (TPSA) is 21.6 Å². The van der Waals surface area contributed by atoms with Gasteiger partial charge in [-0.25, -0.2) is 0 Å². The number of hydrogen-bond donors (Lipinski definition) is 0. The lowest BCUT2D eigenvalue weighted by Gasteiger charge is -2.15. The van der Waals surface area contributed by atoms with Crippen LogP contribution in [-0.4, -0.2) is 25.5 Å². The van der Waals surface area contributed by atoms with Crippen LogP contribution in [0.4, 0.5) is 0 Å². The molecule has 0 bridgehead atoms. The highest BCUT2D eigenvalue weighted by Gasteiger charge is 2.13. The Hall–Kier alpha value is -0.960. The monoisotopic (exact) mass is 237 g/mol. The molecule has 0 heterocycles. The Morgan fingerprint density at radius 3 is 2.31 bits per heavy atom. The van der Waals surface area contributed by atoms with Crippen LogP contribution in [0.1, 0.15) is 22.3 Å². The molecule has 0 aliphatic heterocycles. The highest BCUT2D eigenvalue weighted by Crippen LogP contribution is 2.30. The van der Waals surface area contributed by atoms with Gasteiger partial charge in [-0.2, -0.15) is 0 Å². The minimum Gasteiger partial charge on any atom is -0.496 e. The molecule has 16 heavy (non-hydrogen) atoms. The average Bonchev–Trinajstić information content (AvgIpc) is 2.27. The molecule has 1 rings (SSSR count). The van der Waals surface area contributed by atoms with Crippen LogP contribution in [0, 0.1) is 20.8 Å². The second-order valence-electron chi connectivity index (χ2n) is 3.76. The van der Waals surface area contributed by atoms with Gasteiger partial charge in [0.15, 0.2) is 0 Å². The predicted octanol–water partition coefficient (Wildman–Crippen LogP) is 3.36. The number of nitrogens with zero attached hydrogens (tertiary/aromatic N) is 1. The molecule has 0 spiro atoms. The smallest absolute Gasteiger partial charge is 0.124 e. The van der Waals surface area contributed by atoms with Crippen molar-refractivity contribution in [2.45, 2.75) is 20.8 Å². The molecule has 0 aliphatic carbocycles. The summed E-state index contributed by atoms with van der Waals surface area (Å²) in [4.78, 5) is 4.31. The first-order chi connectivity index (χ1) is 7.56. The van der Waals surface area contributed by atoms with Crippen molar-refractivity contribution in [1.29, 1.82) is 0 Å². The van der Waals surface area contributed by atoms with Gasteiger partial charge in [0.1, 0.15) is 5.75 Å². The van der Waals surface area contributed by atoms with Gasteiger partial charge in [-0.1, -0.05) is 0 Å². The van der Waals surface area contributed by atoms with Crippen LogP contribution in [0.25, 0.3) is 0 Å².